The van der Waals surface area contributed by atoms with Crippen molar-refractivity contribution in [3.05, 3.63) is 175 Å². The monoisotopic (exact) mass is 900 g/mol. The van der Waals surface area contributed by atoms with E-state index in [4.69, 9.17) is 10.8 Å². The van der Waals surface area contributed by atoms with Crippen LogP contribution in [0.5, 0.6) is 0 Å². The molecule has 1 radical (unpaired) electrons. The van der Waals surface area contributed by atoms with Crippen molar-refractivity contribution in [2.45, 2.75) is 58.6 Å². The minimum atomic E-state index is -1.57. The van der Waals surface area contributed by atoms with Crippen molar-refractivity contribution < 1.29 is 25.9 Å². The van der Waals surface area contributed by atoms with Gasteiger partial charge in [-0.3, -0.25) is 0 Å². The van der Waals surface area contributed by atoms with Gasteiger partial charge in [0.2, 0.25) is 0 Å². The summed E-state index contributed by atoms with van der Waals surface area (Å²) in [5, 5.41) is 3.49. The third-order valence-electron chi connectivity index (χ3n) is 10.0. The van der Waals surface area contributed by atoms with Gasteiger partial charge in [0.25, 0.3) is 0 Å². The predicted octanol–water partition coefficient (Wildman–Crippen LogP) is 12.7. The molecule has 8 aromatic rings. The summed E-state index contributed by atoms with van der Waals surface area (Å²) >= 11 is 0. The summed E-state index contributed by atoms with van der Waals surface area (Å²) in [5.41, 5.74) is 11.2. The van der Waals surface area contributed by atoms with Gasteiger partial charge in [0, 0.05) is 44.7 Å². The zero-order chi connectivity index (χ0) is 38.1. The van der Waals surface area contributed by atoms with E-state index in [1.165, 1.54) is 21.9 Å². The van der Waals surface area contributed by atoms with Crippen LogP contribution in [-0.2, 0) is 25.5 Å². The summed E-state index contributed by atoms with van der Waals surface area (Å²) < 4.78 is 14.9. The van der Waals surface area contributed by atoms with Crippen LogP contribution >= 0.6 is 0 Å². The molecule has 0 bridgehead atoms. The summed E-state index contributed by atoms with van der Waals surface area (Å²) in [7, 11) is -1.57. The van der Waals surface area contributed by atoms with Crippen molar-refractivity contribution >= 4 is 35.2 Å². The number of nitrogens with zero attached hydrogens (tertiary/aromatic N) is 2. The molecule has 0 saturated carbocycles. The molecule has 0 aliphatic heterocycles. The molecule has 0 saturated heterocycles. The fraction of sp³-hybridized carbons (Fsp3) is 0.184. The van der Waals surface area contributed by atoms with E-state index in [1.54, 1.807) is 6.20 Å². The fourth-order valence-electron chi connectivity index (χ4n) is 6.89. The second-order valence-corrected chi connectivity index (χ2v) is 20.4. The van der Waals surface area contributed by atoms with E-state index in [0.717, 1.165) is 55.6 Å². The molecule has 3 aromatic heterocycles. The Hall–Kier alpha value is -4.93. The summed E-state index contributed by atoms with van der Waals surface area (Å²) in [5.74, 6) is -0.648. The predicted molar refractivity (Wildman–Crippen MR) is 225 cm³/mol. The van der Waals surface area contributed by atoms with Gasteiger partial charge in [-0.25, -0.2) is 0 Å². The Morgan fingerprint density at radius 2 is 1.39 bits per heavy atom. The molecule has 0 spiro atoms. The Morgan fingerprint density at radius 3 is 2.07 bits per heavy atom. The standard InChI is InChI=1S/C26H20NO.C23H26NSi.Ir/c1-26(2,18-9-4-3-5-10-18)19-14-15-24-22(17-19)20-11-8-12-21(25(20)28-24)23-13-6-7-16-27-23;1-17(2)21-15-22(24-16-23(21)25(3,4)5)20-13-9-12-19(14-20)18-10-7-6-8-11-18;/h3-11,13-17H,1-2H3;6-12,14-17H,1-5H3;/q2*-1;/i;17D;. The van der Waals surface area contributed by atoms with Gasteiger partial charge in [0.1, 0.15) is 5.58 Å². The van der Waals surface area contributed by atoms with Crippen LogP contribution in [0.2, 0.25) is 19.6 Å². The number of fused-ring (bicyclic) bond motifs is 3. The van der Waals surface area contributed by atoms with Gasteiger partial charge < -0.3 is 14.4 Å². The van der Waals surface area contributed by atoms with Crippen molar-refractivity contribution in [2.24, 2.45) is 0 Å². The number of pyridine rings is 2. The molecule has 273 valence electrons. The van der Waals surface area contributed by atoms with Gasteiger partial charge in [-0.1, -0.05) is 149 Å². The Labute approximate surface area is 336 Å². The van der Waals surface area contributed by atoms with Crippen LogP contribution in [-0.4, -0.2) is 18.0 Å². The summed E-state index contributed by atoms with van der Waals surface area (Å²) in [6, 6.07) is 52.3. The molecule has 0 atom stereocenters. The van der Waals surface area contributed by atoms with E-state index in [1.807, 2.05) is 68.6 Å². The van der Waals surface area contributed by atoms with Gasteiger partial charge in [0.05, 0.1) is 13.7 Å². The van der Waals surface area contributed by atoms with E-state index in [-0.39, 0.29) is 25.5 Å². The van der Waals surface area contributed by atoms with Crippen molar-refractivity contribution in [1.29, 1.82) is 0 Å². The van der Waals surface area contributed by atoms with Crippen LogP contribution in [0.3, 0.4) is 0 Å². The molecule has 0 N–H and O–H groups in total. The fourth-order valence-corrected chi connectivity index (χ4v) is 8.47. The van der Waals surface area contributed by atoms with Crippen LogP contribution in [0, 0.1) is 12.1 Å². The Morgan fingerprint density at radius 1 is 0.685 bits per heavy atom. The first-order valence-electron chi connectivity index (χ1n) is 18.7. The van der Waals surface area contributed by atoms with Crippen LogP contribution in [0.15, 0.2) is 150 Å². The average molecular weight is 900 g/mol. The quantitative estimate of drug-likeness (QED) is 0.118. The number of aromatic nitrogens is 2. The van der Waals surface area contributed by atoms with E-state index in [0.29, 0.717) is 0 Å². The number of hydrogen-bond donors (Lipinski definition) is 0. The normalized spacial score (nSPS) is 12.1. The summed E-state index contributed by atoms with van der Waals surface area (Å²) in [4.78, 5) is 9.22. The second kappa shape index (κ2) is 16.2. The summed E-state index contributed by atoms with van der Waals surface area (Å²) in [6.07, 6.45) is 3.79. The molecule has 0 amide bonds. The van der Waals surface area contributed by atoms with E-state index in [9.17, 15) is 0 Å². The van der Waals surface area contributed by atoms with Gasteiger partial charge in [-0.2, -0.15) is 0 Å². The van der Waals surface area contributed by atoms with E-state index < -0.39 is 14.0 Å². The van der Waals surface area contributed by atoms with Crippen LogP contribution in [0.25, 0.3) is 55.6 Å². The number of furan rings is 1. The molecule has 0 fully saturated rings. The van der Waals surface area contributed by atoms with Crippen molar-refractivity contribution in [1.82, 2.24) is 9.97 Å². The maximum absolute atomic E-state index is 8.61. The minimum Gasteiger partial charge on any atom is -0.501 e. The molecule has 0 aliphatic carbocycles. The molecular weight excluding hydrogens is 853 g/mol. The molecule has 3 heterocycles. The van der Waals surface area contributed by atoms with Crippen LogP contribution < -0.4 is 5.19 Å². The van der Waals surface area contributed by atoms with Crippen molar-refractivity contribution in [2.75, 3.05) is 0 Å². The summed E-state index contributed by atoms with van der Waals surface area (Å²) in [6.45, 7) is 15.4. The average Bonchev–Trinajstić information content (AvgIpc) is 3.57. The SMILES string of the molecule is CC(C)(c1ccccc1)c1ccc2oc3c(-c4ccccn4)[c-]ccc3c2c1.[2H]C(C)(C)c1cc(-c2[c-]ccc(-c3ccccc3)c2)ncc1[Si](C)(C)C.[Ir]. The van der Waals surface area contributed by atoms with E-state index >= 15 is 0 Å². The molecule has 0 unspecified atom stereocenters. The molecule has 0 aliphatic rings. The maximum Gasteiger partial charge on any atom is 0.120 e. The third-order valence-corrected chi connectivity index (χ3v) is 12.0. The topological polar surface area (TPSA) is 38.9 Å². The van der Waals surface area contributed by atoms with Crippen molar-refractivity contribution in [3.8, 4) is 33.6 Å². The second-order valence-electron chi connectivity index (χ2n) is 15.3. The first-order chi connectivity index (χ1) is 25.8. The largest absolute Gasteiger partial charge is 0.501 e. The van der Waals surface area contributed by atoms with E-state index in [2.05, 4.69) is 136 Å². The molecule has 5 heteroatoms. The third kappa shape index (κ3) is 8.10. The van der Waals surface area contributed by atoms with Crippen molar-refractivity contribution in [3.63, 3.8) is 0 Å². The molecule has 5 aromatic carbocycles. The number of benzene rings is 5. The van der Waals surface area contributed by atoms with Gasteiger partial charge in [-0.05, 0) is 57.4 Å². The zero-order valence-corrected chi connectivity index (χ0v) is 35.4. The zero-order valence-electron chi connectivity index (χ0n) is 33.0. The molecular formula is C49H46IrN2OSi-2. The van der Waals surface area contributed by atoms with Crippen LogP contribution in [0.1, 0.15) is 51.7 Å². The Balaban J connectivity index is 0.000000184. The molecule has 3 nitrogen and oxygen atoms in total. The minimum absolute atomic E-state index is 0. The molecule has 54 heavy (non-hydrogen) atoms. The Kier molecular flexibility index (Phi) is 11.2. The first-order valence-corrected chi connectivity index (χ1v) is 21.7. The maximum atomic E-state index is 8.61. The first kappa shape index (κ1) is 37.4. The molecule has 8 rings (SSSR count). The smallest absolute Gasteiger partial charge is 0.120 e. The van der Waals surface area contributed by atoms with Gasteiger partial charge in [-0.15, -0.1) is 53.6 Å². The van der Waals surface area contributed by atoms with Crippen LogP contribution in [0.4, 0.5) is 0 Å². The van der Waals surface area contributed by atoms with Gasteiger partial charge in [0.15, 0.2) is 0 Å². The Bertz CT molecular complexity index is 2540. The number of rotatable bonds is 7. The number of hydrogen-bond acceptors (Lipinski definition) is 3. The van der Waals surface area contributed by atoms with Gasteiger partial charge >= 0.3 is 0 Å².